The maximum Gasteiger partial charge on any atom is 0.0714 e. The van der Waals surface area contributed by atoms with Gasteiger partial charge < -0.3 is 0 Å². The molecule has 0 aromatic rings. The minimum atomic E-state index is 1.30. The Bertz CT molecular complexity index is 109. The SMILES string of the molecule is IC(I)=C1SCCS1. The molecule has 8 heavy (non-hydrogen) atoms. The number of hydrogen-bond acceptors (Lipinski definition) is 2. The Morgan fingerprint density at radius 1 is 1.25 bits per heavy atom. The van der Waals surface area contributed by atoms with Crippen LogP contribution in [0, 0.1) is 0 Å². The highest BCUT2D eigenvalue weighted by molar-refractivity contribution is 14.2. The molecule has 1 fully saturated rings. The van der Waals surface area contributed by atoms with Crippen molar-refractivity contribution in [1.29, 1.82) is 0 Å². The molecule has 0 amide bonds. The highest BCUT2D eigenvalue weighted by Gasteiger charge is 2.09. The Balaban J connectivity index is 2.58. The Morgan fingerprint density at radius 3 is 2.00 bits per heavy atom. The molecule has 1 aliphatic heterocycles. The molecular formula is C4H4I2S2. The van der Waals surface area contributed by atoms with Gasteiger partial charge in [0.2, 0.25) is 0 Å². The van der Waals surface area contributed by atoms with Gasteiger partial charge >= 0.3 is 0 Å². The van der Waals surface area contributed by atoms with Crippen molar-refractivity contribution in [2.75, 3.05) is 11.5 Å². The summed E-state index contributed by atoms with van der Waals surface area (Å²) in [5, 5.41) is 0. The smallest absolute Gasteiger partial charge is 0.0714 e. The Labute approximate surface area is 84.9 Å². The summed E-state index contributed by atoms with van der Waals surface area (Å²) in [4.78, 5) is 0. The van der Waals surface area contributed by atoms with E-state index in [1.54, 1.807) is 0 Å². The van der Waals surface area contributed by atoms with Crippen LogP contribution in [0.1, 0.15) is 0 Å². The van der Waals surface area contributed by atoms with Gasteiger partial charge in [0.1, 0.15) is 0 Å². The van der Waals surface area contributed by atoms with Gasteiger partial charge in [0.15, 0.2) is 0 Å². The standard InChI is InChI=1S/C4H4I2S2/c5-3(6)4-7-1-2-8-4/h1-2H2. The number of thioether (sulfide) groups is 2. The average molecular weight is 370 g/mol. The van der Waals surface area contributed by atoms with Crippen molar-refractivity contribution in [2.24, 2.45) is 0 Å². The third-order valence-electron chi connectivity index (χ3n) is 0.704. The zero-order valence-corrected chi connectivity index (χ0v) is 9.93. The molecular weight excluding hydrogens is 366 g/mol. The Hall–Kier alpha value is 1.90. The molecule has 1 heterocycles. The maximum absolute atomic E-state index is 2.37. The highest BCUT2D eigenvalue weighted by Crippen LogP contribution is 2.42. The van der Waals surface area contributed by atoms with Crippen LogP contribution in [-0.4, -0.2) is 11.5 Å². The van der Waals surface area contributed by atoms with E-state index >= 15 is 0 Å². The molecule has 1 saturated heterocycles. The van der Waals surface area contributed by atoms with Gasteiger partial charge in [-0.15, -0.1) is 23.5 Å². The summed E-state index contributed by atoms with van der Waals surface area (Å²) in [7, 11) is 0. The highest BCUT2D eigenvalue weighted by atomic mass is 127. The van der Waals surface area contributed by atoms with Crippen LogP contribution >= 0.6 is 68.7 Å². The lowest BCUT2D eigenvalue weighted by atomic mass is 11.0. The van der Waals surface area contributed by atoms with E-state index in [2.05, 4.69) is 45.2 Å². The molecule has 0 radical (unpaired) electrons. The molecule has 0 saturated carbocycles. The quantitative estimate of drug-likeness (QED) is 0.600. The fourth-order valence-electron chi connectivity index (χ4n) is 0.420. The molecule has 1 aliphatic rings. The van der Waals surface area contributed by atoms with Gasteiger partial charge in [0.05, 0.1) is 5.82 Å². The zero-order valence-electron chi connectivity index (χ0n) is 3.99. The van der Waals surface area contributed by atoms with Crippen LogP contribution in [0.3, 0.4) is 0 Å². The van der Waals surface area contributed by atoms with Gasteiger partial charge in [-0.25, -0.2) is 0 Å². The lowest BCUT2D eigenvalue weighted by Crippen LogP contribution is -1.64. The van der Waals surface area contributed by atoms with Crippen LogP contribution in [0.2, 0.25) is 0 Å². The number of rotatable bonds is 0. The third-order valence-corrected chi connectivity index (χ3v) is 5.96. The maximum atomic E-state index is 2.37. The van der Waals surface area contributed by atoms with Crippen LogP contribution in [0.4, 0.5) is 0 Å². The van der Waals surface area contributed by atoms with Crippen LogP contribution in [0.25, 0.3) is 0 Å². The normalized spacial score (nSPS) is 19.5. The molecule has 0 aromatic carbocycles. The number of halogens is 2. The second-order valence-corrected chi connectivity index (χ2v) is 7.94. The van der Waals surface area contributed by atoms with E-state index in [1.807, 2.05) is 23.5 Å². The summed E-state index contributed by atoms with van der Waals surface area (Å²) in [5.74, 6) is 2.60. The molecule has 1 rings (SSSR count). The van der Waals surface area contributed by atoms with Crippen molar-refractivity contribution in [3.05, 3.63) is 5.82 Å². The van der Waals surface area contributed by atoms with E-state index < -0.39 is 0 Å². The molecule has 0 bridgehead atoms. The van der Waals surface area contributed by atoms with Gasteiger partial charge in [-0.1, -0.05) is 0 Å². The van der Waals surface area contributed by atoms with Crippen molar-refractivity contribution in [2.45, 2.75) is 0 Å². The van der Waals surface area contributed by atoms with Crippen molar-refractivity contribution in [1.82, 2.24) is 0 Å². The van der Waals surface area contributed by atoms with Crippen molar-refractivity contribution in [3.63, 3.8) is 0 Å². The molecule has 46 valence electrons. The fourth-order valence-corrected chi connectivity index (χ4v) is 4.38. The Kier molecular flexibility index (Phi) is 3.92. The average Bonchev–Trinajstić information content (AvgIpc) is 2.12. The van der Waals surface area contributed by atoms with Gasteiger partial charge in [0, 0.05) is 11.5 Å². The van der Waals surface area contributed by atoms with E-state index in [4.69, 9.17) is 0 Å². The van der Waals surface area contributed by atoms with E-state index in [9.17, 15) is 0 Å². The fraction of sp³-hybridized carbons (Fsp3) is 0.500. The first-order chi connectivity index (χ1) is 3.80. The minimum Gasteiger partial charge on any atom is -0.117 e. The van der Waals surface area contributed by atoms with E-state index in [0.717, 1.165) is 0 Å². The van der Waals surface area contributed by atoms with Gasteiger partial charge in [-0.3, -0.25) is 0 Å². The van der Waals surface area contributed by atoms with Crippen LogP contribution in [-0.2, 0) is 0 Å². The summed E-state index contributed by atoms with van der Waals surface area (Å²) in [5.41, 5.74) is 0. The van der Waals surface area contributed by atoms with Crippen LogP contribution in [0.15, 0.2) is 5.82 Å². The lowest BCUT2D eigenvalue weighted by Gasteiger charge is -1.89. The zero-order chi connectivity index (χ0) is 5.98. The summed E-state index contributed by atoms with van der Waals surface area (Å²) < 4.78 is 2.94. The molecule has 4 heteroatoms. The molecule has 0 unspecified atom stereocenters. The van der Waals surface area contributed by atoms with E-state index in [-0.39, 0.29) is 0 Å². The van der Waals surface area contributed by atoms with Crippen LogP contribution in [0.5, 0.6) is 0 Å². The van der Waals surface area contributed by atoms with Crippen LogP contribution < -0.4 is 0 Å². The predicted octanol–water partition coefficient (Wildman–Crippen LogP) is 3.46. The summed E-state index contributed by atoms with van der Waals surface area (Å²) in [6.07, 6.45) is 0. The third kappa shape index (κ3) is 2.26. The molecule has 0 spiro atoms. The summed E-state index contributed by atoms with van der Waals surface area (Å²) in [6.45, 7) is 0. The van der Waals surface area contributed by atoms with Crippen molar-refractivity contribution >= 4 is 68.7 Å². The second kappa shape index (κ2) is 3.92. The number of hydrogen-bond donors (Lipinski definition) is 0. The first kappa shape index (κ1) is 8.00. The van der Waals surface area contributed by atoms with E-state index in [1.165, 1.54) is 17.3 Å². The summed E-state index contributed by atoms with van der Waals surface area (Å²) >= 11 is 8.69. The van der Waals surface area contributed by atoms with Gasteiger partial charge in [0.25, 0.3) is 0 Å². The Morgan fingerprint density at radius 2 is 1.75 bits per heavy atom. The molecule has 0 nitrogen and oxygen atoms in total. The molecule has 0 aromatic heterocycles. The molecule has 0 N–H and O–H groups in total. The first-order valence-corrected chi connectivity index (χ1v) is 6.24. The molecule has 0 aliphatic carbocycles. The largest absolute Gasteiger partial charge is 0.117 e. The second-order valence-electron chi connectivity index (χ2n) is 1.24. The van der Waals surface area contributed by atoms with Gasteiger partial charge in [-0.2, -0.15) is 0 Å². The summed E-state index contributed by atoms with van der Waals surface area (Å²) in [6, 6.07) is 0. The first-order valence-electron chi connectivity index (χ1n) is 2.11. The predicted molar refractivity (Wildman–Crippen MR) is 60.0 cm³/mol. The van der Waals surface area contributed by atoms with Crippen molar-refractivity contribution in [3.8, 4) is 0 Å². The van der Waals surface area contributed by atoms with E-state index in [0.29, 0.717) is 0 Å². The topological polar surface area (TPSA) is 0 Å². The minimum absolute atomic E-state index is 1.30. The van der Waals surface area contributed by atoms with Crippen molar-refractivity contribution < 1.29 is 0 Å². The lowest BCUT2D eigenvalue weighted by molar-refractivity contribution is 1.59. The van der Waals surface area contributed by atoms with Gasteiger partial charge in [-0.05, 0) is 45.2 Å². The monoisotopic (exact) mass is 370 g/mol. The molecule has 0 atom stereocenters.